The first-order valence-corrected chi connectivity index (χ1v) is 6.65. The molecule has 19 heavy (non-hydrogen) atoms. The molecule has 0 bridgehead atoms. The minimum absolute atomic E-state index is 0.628. The van der Waals surface area contributed by atoms with E-state index in [-0.39, 0.29) is 0 Å². The monoisotopic (exact) mass is 258 g/mol. The molecule has 1 heteroatoms. The van der Waals surface area contributed by atoms with Gasteiger partial charge in [-0.25, -0.2) is 0 Å². The molecule has 104 valence electrons. The molecule has 0 saturated heterocycles. The van der Waals surface area contributed by atoms with Gasteiger partial charge in [0.15, 0.2) is 0 Å². The second-order valence-corrected chi connectivity index (χ2v) is 4.23. The maximum Gasteiger partial charge on any atom is 0.0654 e. The molecule has 0 saturated carbocycles. The minimum Gasteiger partial charge on any atom is -0.373 e. The molecule has 0 rings (SSSR count). The third-order valence-electron chi connectivity index (χ3n) is 2.61. The summed E-state index contributed by atoms with van der Waals surface area (Å²) in [5.41, 5.74) is 2.60. The molecule has 1 nitrogen and oxygen atoms in total. The van der Waals surface area contributed by atoms with Gasteiger partial charge >= 0.3 is 0 Å². The van der Waals surface area contributed by atoms with Crippen LogP contribution in [0, 0.1) is 0 Å². The van der Waals surface area contributed by atoms with Crippen LogP contribution in [0.3, 0.4) is 0 Å². The van der Waals surface area contributed by atoms with Gasteiger partial charge in [-0.15, -0.1) is 26.3 Å². The lowest BCUT2D eigenvalue weighted by Crippen LogP contribution is -1.94. The van der Waals surface area contributed by atoms with Crippen LogP contribution < -0.4 is 0 Å². The summed E-state index contributed by atoms with van der Waals surface area (Å²) in [5, 5.41) is 0. The van der Waals surface area contributed by atoms with Crippen molar-refractivity contribution in [2.45, 2.75) is 25.7 Å². The van der Waals surface area contributed by atoms with Crippen LogP contribution in [0.1, 0.15) is 25.7 Å². The second kappa shape index (κ2) is 12.8. The standard InChI is InChI=1S/C18H26O/c1-5-9-17(10-6-2)13-15-19-16-14-18(11-7-3)12-8-4/h5-8,13-14H,1-4,9-12,15-16H2. The average molecular weight is 258 g/mol. The van der Waals surface area contributed by atoms with Crippen LogP contribution in [0.2, 0.25) is 0 Å². The molecule has 0 N–H and O–H groups in total. The minimum atomic E-state index is 0.628. The Morgan fingerprint density at radius 3 is 1.21 bits per heavy atom. The maximum absolute atomic E-state index is 5.59. The van der Waals surface area contributed by atoms with Crippen molar-refractivity contribution < 1.29 is 4.74 Å². The molecule has 0 aliphatic rings. The molecule has 0 aromatic carbocycles. The van der Waals surface area contributed by atoms with Gasteiger partial charge in [0, 0.05) is 0 Å². The summed E-state index contributed by atoms with van der Waals surface area (Å²) >= 11 is 0. The van der Waals surface area contributed by atoms with Crippen molar-refractivity contribution in [2.75, 3.05) is 13.2 Å². The number of hydrogen-bond acceptors (Lipinski definition) is 1. The van der Waals surface area contributed by atoms with E-state index in [0.29, 0.717) is 13.2 Å². The van der Waals surface area contributed by atoms with E-state index in [4.69, 9.17) is 4.74 Å². The third-order valence-corrected chi connectivity index (χ3v) is 2.61. The van der Waals surface area contributed by atoms with Gasteiger partial charge in [-0.1, -0.05) is 47.6 Å². The molecule has 0 spiro atoms. The average Bonchev–Trinajstić information content (AvgIpc) is 2.39. The molecule has 0 aliphatic carbocycles. The highest BCUT2D eigenvalue weighted by atomic mass is 16.5. The Morgan fingerprint density at radius 2 is 0.947 bits per heavy atom. The Labute approximate surface area is 118 Å². The Bertz CT molecular complexity index is 287. The zero-order chi connectivity index (χ0) is 14.3. The van der Waals surface area contributed by atoms with Crippen molar-refractivity contribution in [2.24, 2.45) is 0 Å². The van der Waals surface area contributed by atoms with Gasteiger partial charge < -0.3 is 4.74 Å². The Hall–Kier alpha value is -1.60. The molecular weight excluding hydrogens is 232 g/mol. The summed E-state index contributed by atoms with van der Waals surface area (Å²) in [4.78, 5) is 0. The van der Waals surface area contributed by atoms with Crippen LogP contribution in [0.5, 0.6) is 0 Å². The quantitative estimate of drug-likeness (QED) is 0.347. The number of ether oxygens (including phenoxy) is 1. The zero-order valence-corrected chi connectivity index (χ0v) is 11.9. The lowest BCUT2D eigenvalue weighted by atomic mass is 10.1. The SMILES string of the molecule is C=CCC(=CCOCC=C(CC=C)CC=C)CC=C. The van der Waals surface area contributed by atoms with E-state index < -0.39 is 0 Å². The highest BCUT2D eigenvalue weighted by Gasteiger charge is 1.93. The Morgan fingerprint density at radius 1 is 0.632 bits per heavy atom. The van der Waals surface area contributed by atoms with Gasteiger partial charge in [-0.05, 0) is 25.7 Å². The van der Waals surface area contributed by atoms with Crippen LogP contribution >= 0.6 is 0 Å². The number of rotatable bonds is 12. The lowest BCUT2D eigenvalue weighted by Gasteiger charge is -2.04. The fourth-order valence-corrected chi connectivity index (χ4v) is 1.66. The molecule has 0 atom stereocenters. The highest BCUT2D eigenvalue weighted by molar-refractivity contribution is 5.11. The fraction of sp³-hybridized carbons (Fsp3) is 0.333. The van der Waals surface area contributed by atoms with Gasteiger partial charge in [-0.2, -0.15) is 0 Å². The summed E-state index contributed by atoms with van der Waals surface area (Å²) in [6.07, 6.45) is 15.4. The summed E-state index contributed by atoms with van der Waals surface area (Å²) in [7, 11) is 0. The van der Waals surface area contributed by atoms with Gasteiger partial charge in [0.1, 0.15) is 0 Å². The third kappa shape index (κ3) is 10.0. The Balaban J connectivity index is 4.11. The molecule has 0 radical (unpaired) electrons. The van der Waals surface area contributed by atoms with Crippen molar-refractivity contribution in [3.05, 3.63) is 73.9 Å². The van der Waals surface area contributed by atoms with Crippen molar-refractivity contribution >= 4 is 0 Å². The first kappa shape index (κ1) is 17.4. The van der Waals surface area contributed by atoms with Crippen LogP contribution in [-0.2, 0) is 4.74 Å². The van der Waals surface area contributed by atoms with E-state index in [1.807, 2.05) is 24.3 Å². The van der Waals surface area contributed by atoms with Gasteiger partial charge in [0.05, 0.1) is 13.2 Å². The fourth-order valence-electron chi connectivity index (χ4n) is 1.66. The molecule has 0 aromatic heterocycles. The predicted molar refractivity (Wildman–Crippen MR) is 86.2 cm³/mol. The van der Waals surface area contributed by atoms with E-state index in [2.05, 4.69) is 38.5 Å². The normalized spacial score (nSPS) is 9.26. The van der Waals surface area contributed by atoms with Gasteiger partial charge in [0.2, 0.25) is 0 Å². The van der Waals surface area contributed by atoms with Crippen molar-refractivity contribution in [3.63, 3.8) is 0 Å². The molecule has 0 fully saturated rings. The van der Waals surface area contributed by atoms with E-state index >= 15 is 0 Å². The molecule has 0 aromatic rings. The zero-order valence-electron chi connectivity index (χ0n) is 11.9. The molecule has 0 unspecified atom stereocenters. The van der Waals surface area contributed by atoms with Crippen LogP contribution in [0.15, 0.2) is 73.9 Å². The van der Waals surface area contributed by atoms with Gasteiger partial charge in [0.25, 0.3) is 0 Å². The smallest absolute Gasteiger partial charge is 0.0654 e. The topological polar surface area (TPSA) is 9.23 Å². The van der Waals surface area contributed by atoms with E-state index in [0.717, 1.165) is 25.7 Å². The summed E-state index contributed by atoms with van der Waals surface area (Å²) in [5.74, 6) is 0. The van der Waals surface area contributed by atoms with Crippen molar-refractivity contribution in [3.8, 4) is 0 Å². The molecule has 0 aliphatic heterocycles. The summed E-state index contributed by atoms with van der Waals surface area (Å²) in [6.45, 7) is 16.2. The van der Waals surface area contributed by atoms with E-state index in [1.165, 1.54) is 11.1 Å². The van der Waals surface area contributed by atoms with Crippen molar-refractivity contribution in [1.82, 2.24) is 0 Å². The first-order valence-electron chi connectivity index (χ1n) is 6.65. The van der Waals surface area contributed by atoms with Crippen LogP contribution in [-0.4, -0.2) is 13.2 Å². The summed E-state index contributed by atoms with van der Waals surface area (Å²) < 4.78 is 5.59. The van der Waals surface area contributed by atoms with E-state index in [9.17, 15) is 0 Å². The maximum atomic E-state index is 5.59. The Kier molecular flexibility index (Phi) is 11.8. The van der Waals surface area contributed by atoms with Crippen LogP contribution in [0.4, 0.5) is 0 Å². The van der Waals surface area contributed by atoms with Gasteiger partial charge in [-0.3, -0.25) is 0 Å². The predicted octanol–water partition coefficient (Wildman–Crippen LogP) is 5.16. The molecule has 0 heterocycles. The first-order chi connectivity index (χ1) is 9.28. The highest BCUT2D eigenvalue weighted by Crippen LogP contribution is 2.09. The molecular formula is C18H26O. The lowest BCUT2D eigenvalue weighted by molar-refractivity contribution is 0.192. The second-order valence-electron chi connectivity index (χ2n) is 4.23. The number of allylic oxidation sites excluding steroid dienone is 6. The van der Waals surface area contributed by atoms with Crippen molar-refractivity contribution in [1.29, 1.82) is 0 Å². The van der Waals surface area contributed by atoms with E-state index in [1.54, 1.807) is 0 Å². The molecule has 0 amide bonds. The largest absolute Gasteiger partial charge is 0.373 e. The van der Waals surface area contributed by atoms with Crippen LogP contribution in [0.25, 0.3) is 0 Å². The summed E-state index contributed by atoms with van der Waals surface area (Å²) in [6, 6.07) is 0. The number of hydrogen-bond donors (Lipinski definition) is 0.